The van der Waals surface area contributed by atoms with Gasteiger partial charge >= 0.3 is 0 Å². The van der Waals surface area contributed by atoms with Gasteiger partial charge in [0.15, 0.2) is 0 Å². The Bertz CT molecular complexity index is 1780. The zero-order chi connectivity index (χ0) is 24.6. The molecule has 0 unspecified atom stereocenters. The lowest BCUT2D eigenvalue weighted by atomic mass is 9.97. The van der Waals surface area contributed by atoms with Gasteiger partial charge in [-0.2, -0.15) is 5.26 Å². The van der Waals surface area contributed by atoms with Crippen LogP contribution in [0.5, 0.6) is 0 Å². The Balaban J connectivity index is 1.70. The number of thiophene rings is 1. The highest BCUT2D eigenvalue weighted by Gasteiger charge is 2.19. The topological polar surface area (TPSA) is 27.0 Å². The van der Waals surface area contributed by atoms with Gasteiger partial charge in [0.1, 0.15) is 5.82 Å². The van der Waals surface area contributed by atoms with Gasteiger partial charge in [0.05, 0.1) is 11.6 Å². The number of aryl methyl sites for hydroxylation is 1. The van der Waals surface area contributed by atoms with E-state index in [1.807, 2.05) is 18.2 Å². The number of rotatable bonds is 4. The summed E-state index contributed by atoms with van der Waals surface area (Å²) in [6, 6.07) is 37.6. The van der Waals surface area contributed by atoms with E-state index in [0.717, 1.165) is 22.6 Å². The van der Waals surface area contributed by atoms with Crippen LogP contribution >= 0.6 is 11.3 Å². The third-order valence-electron chi connectivity index (χ3n) is 6.47. The fraction of sp³-hybridized carbons (Fsp3) is 0.0312. The van der Waals surface area contributed by atoms with E-state index < -0.39 is 0 Å². The monoisotopic (exact) mass is 484 g/mol. The van der Waals surface area contributed by atoms with Crippen molar-refractivity contribution >= 4 is 48.6 Å². The Hall–Kier alpha value is -4.46. The van der Waals surface area contributed by atoms with Crippen LogP contribution in [0, 0.1) is 24.1 Å². The summed E-state index contributed by atoms with van der Waals surface area (Å²) in [6.07, 6.45) is 0. The maximum absolute atomic E-state index is 13.9. The first-order chi connectivity index (χ1) is 17.6. The fourth-order valence-electron chi connectivity index (χ4n) is 4.77. The van der Waals surface area contributed by atoms with Gasteiger partial charge in [-0.25, -0.2) is 4.39 Å². The second kappa shape index (κ2) is 8.96. The number of fused-ring (bicyclic) bond motifs is 3. The molecule has 0 atom stereocenters. The summed E-state index contributed by atoms with van der Waals surface area (Å²) in [7, 11) is 0. The van der Waals surface area contributed by atoms with Crippen LogP contribution in [0.15, 0.2) is 109 Å². The summed E-state index contributed by atoms with van der Waals surface area (Å²) in [4.78, 5) is 2.09. The number of nitrogens with zero attached hydrogens (tertiary/aromatic N) is 2. The lowest BCUT2D eigenvalue weighted by molar-refractivity contribution is 0.628. The molecule has 0 fully saturated rings. The summed E-state index contributed by atoms with van der Waals surface area (Å²) in [5, 5.41) is 11.9. The van der Waals surface area contributed by atoms with E-state index in [1.54, 1.807) is 29.5 Å². The van der Waals surface area contributed by atoms with Crippen LogP contribution in [0.4, 0.5) is 21.5 Å². The van der Waals surface area contributed by atoms with Gasteiger partial charge in [-0.3, -0.25) is 0 Å². The Morgan fingerprint density at radius 1 is 0.694 bits per heavy atom. The average Bonchev–Trinajstić information content (AvgIpc) is 3.29. The quantitative estimate of drug-likeness (QED) is 0.249. The number of hydrogen-bond acceptors (Lipinski definition) is 3. The smallest absolute Gasteiger partial charge is 0.123 e. The molecule has 0 amide bonds. The van der Waals surface area contributed by atoms with E-state index in [0.29, 0.717) is 5.56 Å². The molecule has 0 aliphatic rings. The Morgan fingerprint density at radius 2 is 1.47 bits per heavy atom. The van der Waals surface area contributed by atoms with Gasteiger partial charge in [-0.15, -0.1) is 11.3 Å². The molecule has 36 heavy (non-hydrogen) atoms. The lowest BCUT2D eigenvalue weighted by Gasteiger charge is -2.26. The molecule has 4 heteroatoms. The highest BCUT2D eigenvalue weighted by Crippen LogP contribution is 2.46. The highest BCUT2D eigenvalue weighted by atomic mass is 32.1. The molecule has 1 aromatic heterocycles. The van der Waals surface area contributed by atoms with Crippen molar-refractivity contribution in [3.63, 3.8) is 0 Å². The van der Waals surface area contributed by atoms with Gasteiger partial charge in [0, 0.05) is 42.8 Å². The Labute approximate surface area is 213 Å². The number of nitriles is 1. The van der Waals surface area contributed by atoms with Gasteiger partial charge in [-0.05, 0) is 78.7 Å². The molecule has 6 aromatic rings. The van der Waals surface area contributed by atoms with Crippen LogP contribution in [-0.2, 0) is 0 Å². The molecular weight excluding hydrogens is 463 g/mol. The van der Waals surface area contributed by atoms with Crippen molar-refractivity contribution in [2.24, 2.45) is 0 Å². The summed E-state index contributed by atoms with van der Waals surface area (Å²) in [5.74, 6) is -0.288. The van der Waals surface area contributed by atoms with Crippen molar-refractivity contribution < 1.29 is 4.39 Å². The van der Waals surface area contributed by atoms with E-state index in [-0.39, 0.29) is 5.82 Å². The molecule has 0 radical (unpaired) electrons. The Kier molecular flexibility index (Phi) is 5.48. The van der Waals surface area contributed by atoms with E-state index in [4.69, 9.17) is 0 Å². The number of hydrogen-bond donors (Lipinski definition) is 0. The number of halogens is 1. The van der Waals surface area contributed by atoms with Crippen LogP contribution in [0.3, 0.4) is 0 Å². The highest BCUT2D eigenvalue weighted by molar-refractivity contribution is 7.26. The second-order valence-electron chi connectivity index (χ2n) is 8.76. The predicted molar refractivity (Wildman–Crippen MR) is 149 cm³/mol. The molecule has 5 aromatic carbocycles. The molecule has 1 heterocycles. The van der Waals surface area contributed by atoms with Gasteiger partial charge < -0.3 is 4.90 Å². The zero-order valence-electron chi connectivity index (χ0n) is 19.6. The molecule has 0 saturated carbocycles. The van der Waals surface area contributed by atoms with E-state index in [1.165, 1.54) is 43.4 Å². The number of anilines is 3. The molecule has 0 aliphatic carbocycles. The first-order valence-electron chi connectivity index (χ1n) is 11.7. The minimum atomic E-state index is -0.288. The van der Waals surface area contributed by atoms with Crippen LogP contribution in [-0.4, -0.2) is 0 Å². The predicted octanol–water partition coefficient (Wildman–Crippen LogP) is 9.51. The first kappa shape index (κ1) is 22.0. The van der Waals surface area contributed by atoms with Crippen molar-refractivity contribution in [2.45, 2.75) is 6.92 Å². The Morgan fingerprint density at radius 3 is 2.28 bits per heavy atom. The fourth-order valence-corrected chi connectivity index (χ4v) is 5.98. The maximum Gasteiger partial charge on any atom is 0.123 e. The third kappa shape index (κ3) is 3.80. The largest absolute Gasteiger partial charge is 0.310 e. The standard InChI is InChI=1S/C32H21FN2S/c1-21-7-2-3-10-27(21)29-18-26(19-30-28-11-4-5-12-31(28)36-32(29)30)35(24-15-13-23(33)14-16-24)25-9-6-8-22(17-25)20-34/h2-19H,1H3. The normalized spacial score (nSPS) is 11.0. The molecule has 6 rings (SSSR count). The average molecular weight is 485 g/mol. The van der Waals surface area contributed by atoms with Crippen molar-refractivity contribution in [3.8, 4) is 17.2 Å². The van der Waals surface area contributed by atoms with Gasteiger partial charge in [0.25, 0.3) is 0 Å². The SMILES string of the molecule is Cc1ccccc1-c1cc(N(c2ccc(F)cc2)c2cccc(C#N)c2)cc2c1sc1ccccc12. The van der Waals surface area contributed by atoms with Crippen molar-refractivity contribution in [1.29, 1.82) is 5.26 Å². The van der Waals surface area contributed by atoms with Gasteiger partial charge in [0.2, 0.25) is 0 Å². The van der Waals surface area contributed by atoms with Gasteiger partial charge in [-0.1, -0.05) is 48.5 Å². The minimum absolute atomic E-state index is 0.288. The van der Waals surface area contributed by atoms with E-state index >= 15 is 0 Å². The summed E-state index contributed by atoms with van der Waals surface area (Å²) >= 11 is 1.80. The van der Waals surface area contributed by atoms with Crippen LogP contribution in [0.2, 0.25) is 0 Å². The third-order valence-corrected chi connectivity index (χ3v) is 7.69. The lowest BCUT2D eigenvalue weighted by Crippen LogP contribution is -2.10. The molecule has 0 aliphatic heterocycles. The van der Waals surface area contributed by atoms with Crippen molar-refractivity contribution in [3.05, 3.63) is 126 Å². The van der Waals surface area contributed by atoms with Crippen LogP contribution in [0.25, 0.3) is 31.3 Å². The van der Waals surface area contributed by atoms with Crippen molar-refractivity contribution in [2.75, 3.05) is 4.90 Å². The zero-order valence-corrected chi connectivity index (χ0v) is 20.4. The molecular formula is C32H21FN2S. The summed E-state index contributed by atoms with van der Waals surface area (Å²) in [5.41, 5.74) is 6.72. The molecule has 0 spiro atoms. The maximum atomic E-state index is 13.9. The van der Waals surface area contributed by atoms with Crippen molar-refractivity contribution in [1.82, 2.24) is 0 Å². The minimum Gasteiger partial charge on any atom is -0.310 e. The number of benzene rings is 5. The summed E-state index contributed by atoms with van der Waals surface area (Å²) < 4.78 is 16.4. The molecule has 0 N–H and O–H groups in total. The van der Waals surface area contributed by atoms with E-state index in [9.17, 15) is 9.65 Å². The molecule has 0 bridgehead atoms. The molecule has 0 saturated heterocycles. The first-order valence-corrected chi connectivity index (χ1v) is 12.5. The molecule has 172 valence electrons. The van der Waals surface area contributed by atoms with E-state index in [2.05, 4.69) is 78.6 Å². The van der Waals surface area contributed by atoms with Crippen LogP contribution in [0.1, 0.15) is 11.1 Å². The van der Waals surface area contributed by atoms with Crippen LogP contribution < -0.4 is 4.90 Å². The second-order valence-corrected chi connectivity index (χ2v) is 9.81. The molecule has 2 nitrogen and oxygen atoms in total. The summed E-state index contributed by atoms with van der Waals surface area (Å²) in [6.45, 7) is 2.13.